The van der Waals surface area contributed by atoms with Crippen LogP contribution in [-0.4, -0.2) is 43.2 Å². The Morgan fingerprint density at radius 1 is 1.36 bits per heavy atom. The molecule has 0 saturated carbocycles. The van der Waals surface area contributed by atoms with Crippen LogP contribution in [0.3, 0.4) is 0 Å². The van der Waals surface area contributed by atoms with Gasteiger partial charge in [0.2, 0.25) is 5.09 Å². The molecule has 6 nitrogen and oxygen atoms in total. The van der Waals surface area contributed by atoms with Crippen molar-refractivity contribution in [2.45, 2.75) is 30.5 Å². The molecule has 0 bridgehead atoms. The molecule has 1 saturated heterocycles. The second-order valence-corrected chi connectivity index (χ2v) is 7.84. The van der Waals surface area contributed by atoms with E-state index >= 15 is 0 Å². The van der Waals surface area contributed by atoms with Gasteiger partial charge in [0, 0.05) is 26.0 Å². The van der Waals surface area contributed by atoms with E-state index in [0.29, 0.717) is 18.3 Å². The van der Waals surface area contributed by atoms with E-state index in [4.69, 9.17) is 4.42 Å². The van der Waals surface area contributed by atoms with Crippen LogP contribution in [0.2, 0.25) is 0 Å². The molecule has 7 heteroatoms. The molecule has 3 heterocycles. The third kappa shape index (κ3) is 2.84. The van der Waals surface area contributed by atoms with Gasteiger partial charge >= 0.3 is 0 Å². The number of furan rings is 1. The summed E-state index contributed by atoms with van der Waals surface area (Å²) in [5.74, 6) is 0.680. The molecule has 0 aliphatic carbocycles. The van der Waals surface area contributed by atoms with Gasteiger partial charge in [-0.3, -0.25) is 4.90 Å². The molecule has 120 valence electrons. The summed E-state index contributed by atoms with van der Waals surface area (Å²) in [6.07, 6.45) is 4.16. The summed E-state index contributed by atoms with van der Waals surface area (Å²) >= 11 is 0. The van der Waals surface area contributed by atoms with Gasteiger partial charge in [-0.05, 0) is 43.7 Å². The fourth-order valence-corrected chi connectivity index (χ4v) is 3.69. The summed E-state index contributed by atoms with van der Waals surface area (Å²) in [5, 5.41) is 0.00289. The molecular weight excluding hydrogens is 302 g/mol. The zero-order chi connectivity index (χ0) is 15.7. The van der Waals surface area contributed by atoms with E-state index in [-0.39, 0.29) is 5.09 Å². The summed E-state index contributed by atoms with van der Waals surface area (Å²) in [6.45, 7) is 1.60. The van der Waals surface area contributed by atoms with E-state index in [9.17, 15) is 8.42 Å². The summed E-state index contributed by atoms with van der Waals surface area (Å²) in [6, 6.07) is 7.72. The maximum Gasteiger partial charge on any atom is 0.275 e. The molecule has 2 aromatic heterocycles. The average Bonchev–Trinajstić information content (AvgIpc) is 3.19. The fraction of sp³-hybridized carbons (Fsp3) is 0.467. The predicted molar refractivity (Wildman–Crippen MR) is 82.8 cm³/mol. The van der Waals surface area contributed by atoms with Crippen molar-refractivity contribution in [3.63, 3.8) is 0 Å². The van der Waals surface area contributed by atoms with Gasteiger partial charge in [-0.15, -0.1) is 0 Å². The molecule has 0 radical (unpaired) electrons. The van der Waals surface area contributed by atoms with Crippen molar-refractivity contribution in [2.24, 2.45) is 0 Å². The number of aromatic amines is 1. The van der Waals surface area contributed by atoms with Gasteiger partial charge in [-0.2, -0.15) is 0 Å². The lowest BCUT2D eigenvalue weighted by Crippen LogP contribution is -2.23. The fourth-order valence-electron chi connectivity index (χ4n) is 2.88. The van der Waals surface area contributed by atoms with Gasteiger partial charge in [-0.1, -0.05) is 0 Å². The third-order valence-corrected chi connectivity index (χ3v) is 5.76. The Bertz CT molecular complexity index is 719. The van der Waals surface area contributed by atoms with Crippen LogP contribution in [0.5, 0.6) is 0 Å². The molecule has 1 aliphatic rings. The second kappa shape index (κ2) is 5.91. The van der Waals surface area contributed by atoms with Crippen molar-refractivity contribution in [3.05, 3.63) is 41.9 Å². The summed E-state index contributed by atoms with van der Waals surface area (Å²) in [5.41, 5.74) is 1.20. The van der Waals surface area contributed by atoms with Crippen molar-refractivity contribution in [1.82, 2.24) is 14.2 Å². The molecule has 3 rings (SSSR count). The van der Waals surface area contributed by atoms with Crippen LogP contribution in [0.1, 0.15) is 30.3 Å². The molecule has 1 N–H and O–H groups in total. The minimum Gasteiger partial charge on any atom is -0.447 e. The normalized spacial score (nSPS) is 20.0. The summed E-state index contributed by atoms with van der Waals surface area (Å²) in [4.78, 5) is 5.58. The van der Waals surface area contributed by atoms with E-state index in [2.05, 4.69) is 16.0 Å². The molecule has 1 aliphatic heterocycles. The van der Waals surface area contributed by atoms with Crippen LogP contribution in [0.15, 0.2) is 40.0 Å². The molecule has 0 aromatic carbocycles. The number of hydrogen-bond acceptors (Lipinski definition) is 4. The van der Waals surface area contributed by atoms with Crippen molar-refractivity contribution in [2.75, 3.05) is 20.6 Å². The van der Waals surface area contributed by atoms with Crippen LogP contribution in [0, 0.1) is 0 Å². The van der Waals surface area contributed by atoms with E-state index in [1.807, 2.05) is 12.3 Å². The van der Waals surface area contributed by atoms with Gasteiger partial charge in [-0.25, -0.2) is 12.7 Å². The average molecular weight is 323 g/mol. The smallest absolute Gasteiger partial charge is 0.275 e. The van der Waals surface area contributed by atoms with Gasteiger partial charge in [0.1, 0.15) is 5.76 Å². The zero-order valence-electron chi connectivity index (χ0n) is 12.8. The number of nitrogens with one attached hydrogen (secondary N) is 1. The van der Waals surface area contributed by atoms with Crippen LogP contribution >= 0.6 is 0 Å². The molecular formula is C15H21N3O3S. The largest absolute Gasteiger partial charge is 0.447 e. The van der Waals surface area contributed by atoms with Gasteiger partial charge in [0.25, 0.3) is 10.0 Å². The standard InChI is InChI=1S/C15H21N3O3S/c1-17(2)22(19,20)15-8-7-12(21-15)11-18-10-4-6-14(18)13-5-3-9-16-13/h3,5,7-9,14,16H,4,6,10-11H2,1-2H3/t14-/m0/s1. The maximum absolute atomic E-state index is 12.0. The second-order valence-electron chi connectivity index (χ2n) is 5.76. The molecule has 0 unspecified atom stereocenters. The highest BCUT2D eigenvalue weighted by Crippen LogP contribution is 2.32. The lowest BCUT2D eigenvalue weighted by molar-refractivity contribution is 0.218. The number of likely N-dealkylation sites (tertiary alicyclic amines) is 1. The molecule has 1 atom stereocenters. The van der Waals surface area contributed by atoms with E-state index < -0.39 is 10.0 Å². The minimum absolute atomic E-state index is 0.00289. The number of aromatic nitrogens is 1. The minimum atomic E-state index is -3.50. The molecule has 22 heavy (non-hydrogen) atoms. The van der Waals surface area contributed by atoms with E-state index in [1.165, 1.54) is 25.9 Å². The highest BCUT2D eigenvalue weighted by atomic mass is 32.2. The van der Waals surface area contributed by atoms with Gasteiger partial charge < -0.3 is 9.40 Å². The zero-order valence-corrected chi connectivity index (χ0v) is 13.6. The van der Waals surface area contributed by atoms with Crippen molar-refractivity contribution in [1.29, 1.82) is 0 Å². The number of sulfonamides is 1. The van der Waals surface area contributed by atoms with Crippen molar-refractivity contribution >= 4 is 10.0 Å². The first-order valence-electron chi connectivity index (χ1n) is 7.37. The van der Waals surface area contributed by atoms with E-state index in [1.54, 1.807) is 6.07 Å². The highest BCUT2D eigenvalue weighted by Gasteiger charge is 2.28. The van der Waals surface area contributed by atoms with E-state index in [0.717, 1.165) is 23.7 Å². The van der Waals surface area contributed by atoms with Crippen molar-refractivity contribution in [3.8, 4) is 0 Å². The Kier molecular flexibility index (Phi) is 4.12. The summed E-state index contributed by atoms with van der Waals surface area (Å²) in [7, 11) is -0.506. The predicted octanol–water partition coefficient (Wildman–Crippen LogP) is 2.20. The Morgan fingerprint density at radius 2 is 2.18 bits per heavy atom. The van der Waals surface area contributed by atoms with Crippen LogP contribution in [-0.2, 0) is 16.6 Å². The van der Waals surface area contributed by atoms with Gasteiger partial charge in [0.15, 0.2) is 0 Å². The summed E-state index contributed by atoms with van der Waals surface area (Å²) < 4.78 is 30.8. The first-order chi connectivity index (χ1) is 10.5. The number of H-pyrrole nitrogens is 1. The Balaban J connectivity index is 1.75. The monoisotopic (exact) mass is 323 g/mol. The number of hydrogen-bond donors (Lipinski definition) is 1. The quantitative estimate of drug-likeness (QED) is 0.916. The van der Waals surface area contributed by atoms with Crippen LogP contribution in [0.4, 0.5) is 0 Å². The van der Waals surface area contributed by atoms with Gasteiger partial charge in [0.05, 0.1) is 12.6 Å². The number of rotatable bonds is 5. The lowest BCUT2D eigenvalue weighted by Gasteiger charge is -2.22. The molecule has 2 aromatic rings. The first kappa shape index (κ1) is 15.3. The SMILES string of the molecule is CN(C)S(=O)(=O)c1ccc(CN2CCC[C@H]2c2ccc[nH]2)o1. The molecule has 0 spiro atoms. The number of nitrogens with zero attached hydrogens (tertiary/aromatic N) is 2. The van der Waals surface area contributed by atoms with Crippen LogP contribution in [0.25, 0.3) is 0 Å². The molecule has 1 fully saturated rings. The first-order valence-corrected chi connectivity index (χ1v) is 8.81. The Morgan fingerprint density at radius 3 is 2.86 bits per heavy atom. The Hall–Kier alpha value is -1.57. The molecule has 0 amide bonds. The Labute approximate surface area is 130 Å². The third-order valence-electron chi connectivity index (χ3n) is 4.08. The maximum atomic E-state index is 12.0. The topological polar surface area (TPSA) is 69.6 Å². The lowest BCUT2D eigenvalue weighted by atomic mass is 10.1. The van der Waals surface area contributed by atoms with Crippen molar-refractivity contribution < 1.29 is 12.8 Å². The highest BCUT2D eigenvalue weighted by molar-refractivity contribution is 7.88. The van der Waals surface area contributed by atoms with Crippen LogP contribution < -0.4 is 0 Å².